The summed E-state index contributed by atoms with van der Waals surface area (Å²) in [5.74, 6) is 0. The van der Waals surface area contributed by atoms with Crippen molar-refractivity contribution in [3.63, 3.8) is 0 Å². The number of aromatic nitrogens is 4. The molecule has 4 nitrogen and oxygen atoms in total. The Hall–Kier alpha value is -2.20. The van der Waals surface area contributed by atoms with E-state index in [4.69, 9.17) is 11.6 Å². The van der Waals surface area contributed by atoms with Gasteiger partial charge in [-0.15, -0.1) is 10.2 Å². The molecular formula is C13H7ClN4. The number of halogens is 1. The number of aromatic amines is 1. The van der Waals surface area contributed by atoms with Crippen molar-refractivity contribution in [2.24, 2.45) is 0 Å². The Bertz CT molecular complexity index is 897. The van der Waals surface area contributed by atoms with E-state index in [0.29, 0.717) is 5.02 Å². The molecule has 3 heterocycles. The van der Waals surface area contributed by atoms with Crippen LogP contribution in [0.1, 0.15) is 0 Å². The first kappa shape index (κ1) is 9.79. The molecule has 0 spiro atoms. The van der Waals surface area contributed by atoms with Gasteiger partial charge in [-0.25, -0.2) is 4.98 Å². The second-order valence-corrected chi connectivity index (χ2v) is 4.55. The van der Waals surface area contributed by atoms with Crippen molar-refractivity contribution in [1.82, 2.24) is 20.2 Å². The van der Waals surface area contributed by atoms with Gasteiger partial charge in [-0.2, -0.15) is 0 Å². The van der Waals surface area contributed by atoms with Crippen LogP contribution in [0, 0.1) is 0 Å². The van der Waals surface area contributed by atoms with Gasteiger partial charge in [0.2, 0.25) is 0 Å². The van der Waals surface area contributed by atoms with Crippen molar-refractivity contribution < 1.29 is 0 Å². The van der Waals surface area contributed by atoms with E-state index in [1.807, 2.05) is 30.3 Å². The summed E-state index contributed by atoms with van der Waals surface area (Å²) in [5.41, 5.74) is 3.39. The fourth-order valence-electron chi connectivity index (χ4n) is 2.21. The van der Waals surface area contributed by atoms with E-state index in [1.165, 1.54) is 0 Å². The zero-order chi connectivity index (χ0) is 12.1. The van der Waals surface area contributed by atoms with E-state index in [9.17, 15) is 0 Å². The van der Waals surface area contributed by atoms with Gasteiger partial charge in [0.15, 0.2) is 0 Å². The quantitative estimate of drug-likeness (QED) is 0.524. The Kier molecular flexibility index (Phi) is 1.85. The van der Waals surface area contributed by atoms with Gasteiger partial charge in [-0.1, -0.05) is 11.6 Å². The highest BCUT2D eigenvalue weighted by atomic mass is 35.5. The van der Waals surface area contributed by atoms with E-state index < -0.39 is 0 Å². The second-order valence-electron chi connectivity index (χ2n) is 4.11. The van der Waals surface area contributed by atoms with Crippen LogP contribution in [0.15, 0.2) is 36.5 Å². The number of pyridine rings is 1. The van der Waals surface area contributed by atoms with Gasteiger partial charge in [0.05, 0.1) is 11.0 Å². The molecule has 0 unspecified atom stereocenters. The van der Waals surface area contributed by atoms with Crippen molar-refractivity contribution in [3.8, 4) is 0 Å². The smallest absolute Gasteiger partial charge is 0.140 e. The predicted molar refractivity (Wildman–Crippen MR) is 71.7 cm³/mol. The van der Waals surface area contributed by atoms with Crippen LogP contribution >= 0.6 is 11.6 Å². The Morgan fingerprint density at radius 2 is 2.00 bits per heavy atom. The molecule has 0 aliphatic carbocycles. The summed E-state index contributed by atoms with van der Waals surface area (Å²) in [4.78, 5) is 7.58. The average Bonchev–Trinajstić information content (AvgIpc) is 2.77. The highest BCUT2D eigenvalue weighted by Gasteiger charge is 2.10. The first-order chi connectivity index (χ1) is 8.83. The summed E-state index contributed by atoms with van der Waals surface area (Å²) in [6, 6.07) is 9.48. The van der Waals surface area contributed by atoms with Crippen LogP contribution in [0.4, 0.5) is 0 Å². The standard InChI is InChI=1S/C13H7ClN4/c14-7-3-4-8-10(6-7)17-18-12-9-2-1-5-15-13(9)16-11(8)12/h1-6H,(H,15,16). The number of nitrogens with zero attached hydrogens (tertiary/aromatic N) is 3. The van der Waals surface area contributed by atoms with Crippen molar-refractivity contribution >= 4 is 44.6 Å². The Morgan fingerprint density at radius 1 is 1.06 bits per heavy atom. The number of hydrogen-bond donors (Lipinski definition) is 1. The van der Waals surface area contributed by atoms with Crippen LogP contribution in [0.5, 0.6) is 0 Å². The molecule has 4 aromatic rings. The maximum Gasteiger partial charge on any atom is 0.140 e. The topological polar surface area (TPSA) is 54.5 Å². The zero-order valence-corrected chi connectivity index (χ0v) is 9.94. The lowest BCUT2D eigenvalue weighted by molar-refractivity contribution is 1.13. The molecule has 3 aromatic heterocycles. The van der Waals surface area contributed by atoms with Gasteiger partial charge < -0.3 is 4.98 Å². The van der Waals surface area contributed by atoms with Crippen LogP contribution in [0.25, 0.3) is 33.0 Å². The van der Waals surface area contributed by atoms with Gasteiger partial charge in [0, 0.05) is 22.0 Å². The molecule has 0 amide bonds. The Morgan fingerprint density at radius 3 is 2.94 bits per heavy atom. The summed E-state index contributed by atoms with van der Waals surface area (Å²) in [5, 5.41) is 11.1. The number of fused-ring (bicyclic) bond motifs is 5. The fraction of sp³-hybridized carbons (Fsp3) is 0. The van der Waals surface area contributed by atoms with Gasteiger partial charge in [0.1, 0.15) is 11.2 Å². The average molecular weight is 255 g/mol. The summed E-state index contributed by atoms with van der Waals surface area (Å²) in [6.45, 7) is 0. The third-order valence-electron chi connectivity index (χ3n) is 3.03. The highest BCUT2D eigenvalue weighted by molar-refractivity contribution is 6.31. The number of benzene rings is 1. The minimum atomic E-state index is 0.658. The number of H-pyrrole nitrogens is 1. The molecule has 0 radical (unpaired) electrons. The third kappa shape index (κ3) is 1.23. The molecule has 0 fully saturated rings. The number of nitrogens with one attached hydrogen (secondary N) is 1. The highest BCUT2D eigenvalue weighted by Crippen LogP contribution is 2.28. The van der Waals surface area contributed by atoms with Gasteiger partial charge in [-0.05, 0) is 30.3 Å². The van der Waals surface area contributed by atoms with Crippen molar-refractivity contribution in [3.05, 3.63) is 41.6 Å². The Balaban J connectivity index is 2.28. The third-order valence-corrected chi connectivity index (χ3v) is 3.26. The van der Waals surface area contributed by atoms with Gasteiger partial charge >= 0.3 is 0 Å². The van der Waals surface area contributed by atoms with Crippen molar-refractivity contribution in [1.29, 1.82) is 0 Å². The minimum absolute atomic E-state index is 0.658. The largest absolute Gasteiger partial charge is 0.337 e. The molecule has 0 saturated carbocycles. The van der Waals surface area contributed by atoms with Crippen LogP contribution in [0.2, 0.25) is 5.02 Å². The molecular weight excluding hydrogens is 248 g/mol. The number of hydrogen-bond acceptors (Lipinski definition) is 3. The molecule has 0 atom stereocenters. The molecule has 0 aliphatic heterocycles. The summed E-state index contributed by atoms with van der Waals surface area (Å²) in [6.07, 6.45) is 1.75. The van der Waals surface area contributed by atoms with E-state index in [0.717, 1.165) is 33.0 Å². The first-order valence-corrected chi connectivity index (χ1v) is 5.89. The normalized spacial score (nSPS) is 11.6. The van der Waals surface area contributed by atoms with Crippen molar-refractivity contribution in [2.75, 3.05) is 0 Å². The SMILES string of the molecule is Clc1ccc2c(c1)nnc1c3cccnc3[nH]c21. The lowest BCUT2D eigenvalue weighted by Crippen LogP contribution is -1.85. The summed E-state index contributed by atoms with van der Waals surface area (Å²) >= 11 is 5.96. The number of rotatable bonds is 0. The molecule has 5 heteroatoms. The molecule has 0 aliphatic rings. The molecule has 18 heavy (non-hydrogen) atoms. The van der Waals surface area contributed by atoms with Crippen molar-refractivity contribution in [2.45, 2.75) is 0 Å². The minimum Gasteiger partial charge on any atom is -0.337 e. The predicted octanol–water partition coefficient (Wildman–Crippen LogP) is 3.31. The fourth-order valence-corrected chi connectivity index (χ4v) is 2.38. The molecule has 4 rings (SSSR count). The Labute approximate surface area is 107 Å². The van der Waals surface area contributed by atoms with E-state index in [2.05, 4.69) is 20.2 Å². The second kappa shape index (κ2) is 3.40. The first-order valence-electron chi connectivity index (χ1n) is 5.51. The molecule has 1 aromatic carbocycles. The van der Waals surface area contributed by atoms with E-state index >= 15 is 0 Å². The monoisotopic (exact) mass is 254 g/mol. The van der Waals surface area contributed by atoms with Crippen LogP contribution in [0.3, 0.4) is 0 Å². The summed E-state index contributed by atoms with van der Waals surface area (Å²) in [7, 11) is 0. The summed E-state index contributed by atoms with van der Waals surface area (Å²) < 4.78 is 0. The maximum atomic E-state index is 5.96. The molecule has 86 valence electrons. The van der Waals surface area contributed by atoms with Gasteiger partial charge in [-0.3, -0.25) is 0 Å². The molecule has 0 bridgehead atoms. The maximum absolute atomic E-state index is 5.96. The van der Waals surface area contributed by atoms with Crippen LogP contribution in [-0.4, -0.2) is 20.2 Å². The molecule has 1 N–H and O–H groups in total. The van der Waals surface area contributed by atoms with Crippen LogP contribution < -0.4 is 0 Å². The molecule has 0 saturated heterocycles. The lowest BCUT2D eigenvalue weighted by Gasteiger charge is -1.98. The van der Waals surface area contributed by atoms with E-state index in [-0.39, 0.29) is 0 Å². The lowest BCUT2D eigenvalue weighted by atomic mass is 10.2. The zero-order valence-electron chi connectivity index (χ0n) is 9.18. The van der Waals surface area contributed by atoms with Crippen LogP contribution in [-0.2, 0) is 0 Å². The van der Waals surface area contributed by atoms with Gasteiger partial charge in [0.25, 0.3) is 0 Å². The van der Waals surface area contributed by atoms with E-state index in [1.54, 1.807) is 6.20 Å².